The van der Waals surface area contributed by atoms with E-state index in [1.807, 2.05) is 31.2 Å². The van der Waals surface area contributed by atoms with Crippen LogP contribution in [0.2, 0.25) is 0 Å². The largest absolute Gasteiger partial charge is 0.457 e. The van der Waals surface area contributed by atoms with Crippen molar-refractivity contribution in [2.75, 3.05) is 7.05 Å². The smallest absolute Gasteiger partial charge is 0.293 e. The lowest BCUT2D eigenvalue weighted by Gasteiger charge is -2.02. The number of carbonyl (C=O) groups excluding carboxylic acids is 2. The van der Waals surface area contributed by atoms with Gasteiger partial charge in [0.25, 0.3) is 11.1 Å². The second kappa shape index (κ2) is 5.78. The van der Waals surface area contributed by atoms with Crippen LogP contribution in [0.4, 0.5) is 4.79 Å². The molecule has 22 heavy (non-hydrogen) atoms. The number of carbonyl (C=O) groups is 2. The third-order valence-electron chi connectivity index (χ3n) is 3.28. The summed E-state index contributed by atoms with van der Waals surface area (Å²) in [6, 6.07) is 9.62. The number of halogens is 1. The molecule has 2 heterocycles. The van der Waals surface area contributed by atoms with E-state index < -0.39 is 0 Å². The van der Waals surface area contributed by atoms with Crippen molar-refractivity contribution in [2.24, 2.45) is 0 Å². The number of benzene rings is 1. The van der Waals surface area contributed by atoms with E-state index in [0.717, 1.165) is 32.3 Å². The van der Waals surface area contributed by atoms with E-state index >= 15 is 0 Å². The van der Waals surface area contributed by atoms with E-state index in [0.29, 0.717) is 16.4 Å². The first-order chi connectivity index (χ1) is 10.5. The first-order valence-corrected chi connectivity index (χ1v) is 8.14. The van der Waals surface area contributed by atoms with E-state index in [9.17, 15) is 9.59 Å². The molecule has 1 aromatic carbocycles. The molecule has 1 aromatic heterocycles. The first kappa shape index (κ1) is 15.1. The van der Waals surface area contributed by atoms with Gasteiger partial charge in [-0.2, -0.15) is 0 Å². The molecule has 1 aliphatic heterocycles. The molecule has 0 atom stereocenters. The number of amides is 2. The summed E-state index contributed by atoms with van der Waals surface area (Å²) >= 11 is 4.44. The van der Waals surface area contributed by atoms with Crippen LogP contribution in [-0.4, -0.2) is 23.1 Å². The molecule has 6 heteroatoms. The van der Waals surface area contributed by atoms with Crippen LogP contribution in [0.5, 0.6) is 0 Å². The molecule has 0 unspecified atom stereocenters. The first-order valence-electron chi connectivity index (χ1n) is 6.53. The van der Waals surface area contributed by atoms with Crippen molar-refractivity contribution in [3.8, 4) is 11.3 Å². The summed E-state index contributed by atoms with van der Waals surface area (Å²) in [7, 11) is 1.47. The van der Waals surface area contributed by atoms with Gasteiger partial charge >= 0.3 is 0 Å². The van der Waals surface area contributed by atoms with Gasteiger partial charge in [-0.1, -0.05) is 22.0 Å². The normalized spacial score (nSPS) is 16.9. The van der Waals surface area contributed by atoms with Gasteiger partial charge in [0.05, 0.1) is 4.91 Å². The Morgan fingerprint density at radius 1 is 1.23 bits per heavy atom. The van der Waals surface area contributed by atoms with Gasteiger partial charge in [0, 0.05) is 23.2 Å². The third kappa shape index (κ3) is 2.76. The molecule has 0 radical (unpaired) electrons. The monoisotopic (exact) mass is 377 g/mol. The van der Waals surface area contributed by atoms with Gasteiger partial charge in [-0.25, -0.2) is 0 Å². The van der Waals surface area contributed by atoms with Crippen molar-refractivity contribution < 1.29 is 14.0 Å². The summed E-state index contributed by atoms with van der Waals surface area (Å²) in [5.41, 5.74) is 2.09. The highest BCUT2D eigenvalue weighted by atomic mass is 79.9. The number of imide groups is 1. The maximum Gasteiger partial charge on any atom is 0.293 e. The Morgan fingerprint density at radius 3 is 2.64 bits per heavy atom. The van der Waals surface area contributed by atoms with E-state index in [2.05, 4.69) is 15.9 Å². The van der Waals surface area contributed by atoms with Gasteiger partial charge in [0.15, 0.2) is 0 Å². The molecule has 1 saturated heterocycles. The molecule has 2 aromatic rings. The van der Waals surface area contributed by atoms with Gasteiger partial charge in [-0.3, -0.25) is 14.5 Å². The zero-order valence-electron chi connectivity index (χ0n) is 11.9. The van der Waals surface area contributed by atoms with Crippen LogP contribution in [0, 0.1) is 6.92 Å². The number of likely N-dealkylation sites (N-methyl/N-ethyl adjacent to an activating group) is 1. The molecule has 112 valence electrons. The van der Waals surface area contributed by atoms with Crippen molar-refractivity contribution in [3.63, 3.8) is 0 Å². The molecule has 1 fully saturated rings. The third-order valence-corrected chi connectivity index (χ3v) is 4.89. The lowest BCUT2D eigenvalue weighted by molar-refractivity contribution is -0.121. The fourth-order valence-electron chi connectivity index (χ4n) is 2.07. The Labute approximate surface area is 140 Å². The predicted octanol–water partition coefficient (Wildman–Crippen LogP) is 4.68. The van der Waals surface area contributed by atoms with Crippen LogP contribution in [0.1, 0.15) is 11.3 Å². The zero-order valence-corrected chi connectivity index (χ0v) is 14.3. The number of aryl methyl sites for hydroxylation is 1. The van der Waals surface area contributed by atoms with E-state index in [-0.39, 0.29) is 11.1 Å². The zero-order chi connectivity index (χ0) is 15.9. The fraction of sp³-hybridized carbons (Fsp3) is 0.125. The Morgan fingerprint density at radius 2 is 2.00 bits per heavy atom. The van der Waals surface area contributed by atoms with Crippen LogP contribution in [0.25, 0.3) is 17.4 Å². The van der Waals surface area contributed by atoms with Crippen molar-refractivity contribution in [1.29, 1.82) is 0 Å². The average Bonchev–Trinajstić information content (AvgIpc) is 3.01. The van der Waals surface area contributed by atoms with Crippen LogP contribution in [-0.2, 0) is 4.79 Å². The summed E-state index contributed by atoms with van der Waals surface area (Å²) in [5.74, 6) is 0.944. The maximum atomic E-state index is 11.9. The minimum atomic E-state index is -0.301. The molecule has 4 nitrogen and oxygen atoms in total. The van der Waals surface area contributed by atoms with Crippen molar-refractivity contribution in [2.45, 2.75) is 6.92 Å². The second-order valence-corrected chi connectivity index (χ2v) is 6.77. The average molecular weight is 378 g/mol. The van der Waals surface area contributed by atoms with Gasteiger partial charge in [0.2, 0.25) is 0 Å². The summed E-state index contributed by atoms with van der Waals surface area (Å²) in [5, 5.41) is -0.274. The molecular weight excluding hydrogens is 366 g/mol. The fourth-order valence-corrected chi connectivity index (χ4v) is 3.57. The van der Waals surface area contributed by atoms with Crippen molar-refractivity contribution >= 4 is 44.9 Å². The Bertz CT molecular complexity index is 809. The van der Waals surface area contributed by atoms with Gasteiger partial charge in [0.1, 0.15) is 11.5 Å². The minimum absolute atomic E-state index is 0.274. The van der Waals surface area contributed by atoms with E-state index in [1.54, 1.807) is 12.1 Å². The summed E-state index contributed by atoms with van der Waals surface area (Å²) in [4.78, 5) is 24.8. The van der Waals surface area contributed by atoms with Crippen LogP contribution >= 0.6 is 27.7 Å². The van der Waals surface area contributed by atoms with E-state index in [1.165, 1.54) is 7.05 Å². The Kier molecular flexibility index (Phi) is 3.97. The second-order valence-electron chi connectivity index (χ2n) is 4.93. The highest BCUT2D eigenvalue weighted by Crippen LogP contribution is 2.34. The van der Waals surface area contributed by atoms with Gasteiger partial charge < -0.3 is 4.42 Å². The highest BCUT2D eigenvalue weighted by Gasteiger charge is 2.32. The summed E-state index contributed by atoms with van der Waals surface area (Å²) < 4.78 is 6.72. The highest BCUT2D eigenvalue weighted by molar-refractivity contribution is 9.10. The maximum absolute atomic E-state index is 11.9. The summed E-state index contributed by atoms with van der Waals surface area (Å²) in [6.07, 6.45) is 1.60. The Hall–Kier alpha value is -1.79. The predicted molar refractivity (Wildman–Crippen MR) is 90.3 cm³/mol. The van der Waals surface area contributed by atoms with Crippen molar-refractivity contribution in [3.05, 3.63) is 51.0 Å². The molecule has 0 N–H and O–H groups in total. The van der Waals surface area contributed by atoms with E-state index in [4.69, 9.17) is 4.42 Å². The Balaban J connectivity index is 1.92. The van der Waals surface area contributed by atoms with Crippen LogP contribution in [0.15, 0.2) is 44.1 Å². The number of nitrogens with zero attached hydrogens (tertiary/aromatic N) is 1. The standard InChI is InChI=1S/C16H12BrNO3S/c1-9-3-5-11(12(17)7-9)13-6-4-10(21-13)8-14-15(19)18(2)16(20)22-14/h3-8H,1-2H3. The molecule has 0 spiro atoms. The topological polar surface area (TPSA) is 50.5 Å². The molecular formula is C16H12BrNO3S. The number of hydrogen-bond acceptors (Lipinski definition) is 4. The van der Waals surface area contributed by atoms with Crippen LogP contribution in [0.3, 0.4) is 0 Å². The molecule has 2 amide bonds. The molecule has 3 rings (SSSR count). The lowest BCUT2D eigenvalue weighted by atomic mass is 10.1. The SMILES string of the molecule is Cc1ccc(-c2ccc(C=C3SC(=O)N(C)C3=O)o2)c(Br)c1. The number of hydrogen-bond donors (Lipinski definition) is 0. The molecule has 0 bridgehead atoms. The molecule has 0 aliphatic carbocycles. The molecule has 0 saturated carbocycles. The number of thioether (sulfide) groups is 1. The quantitative estimate of drug-likeness (QED) is 0.712. The number of rotatable bonds is 2. The lowest BCUT2D eigenvalue weighted by Crippen LogP contribution is -2.22. The molecule has 1 aliphatic rings. The summed E-state index contributed by atoms with van der Waals surface area (Å²) in [6.45, 7) is 2.02. The number of furan rings is 1. The van der Waals surface area contributed by atoms with Crippen molar-refractivity contribution in [1.82, 2.24) is 4.90 Å². The van der Waals surface area contributed by atoms with Gasteiger partial charge in [-0.15, -0.1) is 0 Å². The van der Waals surface area contributed by atoms with Gasteiger partial charge in [-0.05, 0) is 48.5 Å². The minimum Gasteiger partial charge on any atom is -0.457 e. The van der Waals surface area contributed by atoms with Crippen LogP contribution < -0.4 is 0 Å².